The first-order valence-electron chi connectivity index (χ1n) is 9.90. The van der Waals surface area contributed by atoms with Crippen molar-refractivity contribution in [2.75, 3.05) is 32.8 Å². The summed E-state index contributed by atoms with van der Waals surface area (Å²) >= 11 is 0. The summed E-state index contributed by atoms with van der Waals surface area (Å²) in [7, 11) is 1.94. The van der Waals surface area contributed by atoms with Crippen LogP contribution in [0, 0.1) is 6.92 Å². The monoisotopic (exact) mass is 505 g/mol. The Kier molecular flexibility index (Phi) is 9.42. The summed E-state index contributed by atoms with van der Waals surface area (Å²) in [6, 6.07) is 0. The molecule has 2 N–H and O–H groups in total. The van der Waals surface area contributed by atoms with Gasteiger partial charge in [0.2, 0.25) is 5.91 Å². The van der Waals surface area contributed by atoms with Gasteiger partial charge in [-0.1, -0.05) is 0 Å². The molecule has 9 nitrogen and oxygen atoms in total. The Hall–Kier alpha value is -1.43. The minimum Gasteiger partial charge on any atom is -0.376 e. The molecule has 2 aliphatic heterocycles. The fourth-order valence-corrected chi connectivity index (χ4v) is 3.35. The molecule has 28 heavy (non-hydrogen) atoms. The average Bonchev–Trinajstić information content (AvgIpc) is 3.39. The van der Waals surface area contributed by atoms with Gasteiger partial charge in [0.05, 0.1) is 6.10 Å². The Bertz CT molecular complexity index is 658. The number of guanidine groups is 1. The number of amides is 1. The summed E-state index contributed by atoms with van der Waals surface area (Å²) in [4.78, 5) is 18.3. The number of halogens is 1. The third-order valence-electron chi connectivity index (χ3n) is 5.15. The number of likely N-dealkylation sites (tertiary alicyclic amines) is 1. The summed E-state index contributed by atoms with van der Waals surface area (Å²) in [6.07, 6.45) is 5.03. The Morgan fingerprint density at radius 1 is 1.32 bits per heavy atom. The molecular weight excluding hydrogens is 473 g/mol. The van der Waals surface area contributed by atoms with Gasteiger partial charge in [-0.3, -0.25) is 4.79 Å². The minimum atomic E-state index is 0. The number of rotatable bonds is 8. The predicted molar refractivity (Wildman–Crippen MR) is 118 cm³/mol. The number of aryl methyl sites for hydroxylation is 1. The van der Waals surface area contributed by atoms with Gasteiger partial charge in [0.25, 0.3) is 0 Å². The fraction of sp³-hybridized carbons (Fsp3) is 0.778. The van der Waals surface area contributed by atoms with E-state index in [0.717, 1.165) is 76.1 Å². The third-order valence-corrected chi connectivity index (χ3v) is 5.15. The Balaban J connectivity index is 0.00000280. The molecule has 1 unspecified atom stereocenters. The highest BCUT2D eigenvalue weighted by Crippen LogP contribution is 2.11. The highest BCUT2D eigenvalue weighted by Gasteiger charge is 2.19. The summed E-state index contributed by atoms with van der Waals surface area (Å²) in [5, 5.41) is 15.0. The largest absolute Gasteiger partial charge is 0.376 e. The van der Waals surface area contributed by atoms with Gasteiger partial charge in [0, 0.05) is 46.3 Å². The maximum absolute atomic E-state index is 11.7. The van der Waals surface area contributed by atoms with Gasteiger partial charge in [-0.25, -0.2) is 4.99 Å². The molecule has 3 rings (SSSR count). The van der Waals surface area contributed by atoms with Crippen molar-refractivity contribution in [2.24, 2.45) is 12.0 Å². The van der Waals surface area contributed by atoms with E-state index in [9.17, 15) is 4.79 Å². The molecule has 2 aliphatic rings. The first-order valence-corrected chi connectivity index (χ1v) is 9.90. The van der Waals surface area contributed by atoms with Crippen molar-refractivity contribution < 1.29 is 9.53 Å². The molecule has 0 saturated carbocycles. The number of nitrogens with one attached hydrogen (secondary N) is 2. The molecule has 158 valence electrons. The maximum Gasteiger partial charge on any atom is 0.222 e. The van der Waals surface area contributed by atoms with Gasteiger partial charge >= 0.3 is 0 Å². The van der Waals surface area contributed by atoms with E-state index in [1.165, 1.54) is 0 Å². The Labute approximate surface area is 183 Å². The average molecular weight is 505 g/mol. The molecular formula is C18H32IN7O2. The number of carbonyl (C=O) groups excluding carboxylic acids is 1. The first kappa shape index (κ1) is 22.9. The van der Waals surface area contributed by atoms with Crippen LogP contribution in [-0.2, 0) is 23.1 Å². The molecule has 3 heterocycles. The lowest BCUT2D eigenvalue weighted by molar-refractivity contribution is -0.127. The summed E-state index contributed by atoms with van der Waals surface area (Å²) < 4.78 is 7.62. The number of hydrogen-bond acceptors (Lipinski definition) is 5. The normalized spacial score (nSPS) is 19.8. The quantitative estimate of drug-likeness (QED) is 0.237. The zero-order valence-corrected chi connectivity index (χ0v) is 19.1. The van der Waals surface area contributed by atoms with E-state index in [2.05, 4.69) is 25.8 Å². The van der Waals surface area contributed by atoms with Crippen LogP contribution in [0.15, 0.2) is 4.99 Å². The van der Waals surface area contributed by atoms with Crippen molar-refractivity contribution >= 4 is 35.8 Å². The summed E-state index contributed by atoms with van der Waals surface area (Å²) in [5.41, 5.74) is 0. The second-order valence-corrected chi connectivity index (χ2v) is 7.17. The third kappa shape index (κ3) is 6.57. The van der Waals surface area contributed by atoms with Gasteiger partial charge in [-0.05, 0) is 32.6 Å². The lowest BCUT2D eigenvalue weighted by Gasteiger charge is -2.18. The van der Waals surface area contributed by atoms with E-state index in [0.29, 0.717) is 13.0 Å². The lowest BCUT2D eigenvalue weighted by atomic mass is 10.2. The smallest absolute Gasteiger partial charge is 0.222 e. The molecule has 1 aromatic heterocycles. The molecule has 2 saturated heterocycles. The van der Waals surface area contributed by atoms with E-state index < -0.39 is 0 Å². The lowest BCUT2D eigenvalue weighted by Crippen LogP contribution is -2.42. The van der Waals surface area contributed by atoms with Crippen LogP contribution in [0.2, 0.25) is 0 Å². The molecule has 0 aromatic carbocycles. The first-order chi connectivity index (χ1) is 13.1. The Morgan fingerprint density at radius 2 is 2.18 bits per heavy atom. The highest BCUT2D eigenvalue weighted by molar-refractivity contribution is 14.0. The van der Waals surface area contributed by atoms with Gasteiger partial charge in [0.15, 0.2) is 11.8 Å². The highest BCUT2D eigenvalue weighted by atomic mass is 127. The molecule has 1 amide bonds. The fourth-order valence-electron chi connectivity index (χ4n) is 3.35. The number of ether oxygens (including phenoxy) is 1. The number of nitrogens with zero attached hydrogens (tertiary/aromatic N) is 5. The van der Waals surface area contributed by atoms with Crippen LogP contribution in [0.5, 0.6) is 0 Å². The SMILES string of the molecule is Cc1nnc(CN=C(NCCCN2CCCC2=O)NCC2CCCO2)n1C.I. The van der Waals surface area contributed by atoms with Crippen LogP contribution in [-0.4, -0.2) is 70.4 Å². The zero-order chi connectivity index (χ0) is 19.1. The van der Waals surface area contributed by atoms with Gasteiger partial charge < -0.3 is 24.8 Å². The number of carbonyl (C=O) groups is 1. The van der Waals surface area contributed by atoms with Crippen LogP contribution in [0.4, 0.5) is 0 Å². The maximum atomic E-state index is 11.7. The van der Waals surface area contributed by atoms with Crippen molar-refractivity contribution in [1.29, 1.82) is 0 Å². The van der Waals surface area contributed by atoms with Crippen molar-refractivity contribution in [3.8, 4) is 0 Å². The molecule has 0 spiro atoms. The van der Waals surface area contributed by atoms with E-state index in [1.54, 1.807) is 0 Å². The van der Waals surface area contributed by atoms with Crippen LogP contribution in [0.3, 0.4) is 0 Å². The van der Waals surface area contributed by atoms with Crippen molar-refractivity contribution in [1.82, 2.24) is 30.3 Å². The van der Waals surface area contributed by atoms with Crippen LogP contribution >= 0.6 is 24.0 Å². The van der Waals surface area contributed by atoms with E-state index >= 15 is 0 Å². The standard InChI is InChI=1S/C18H31N7O2.HI/c1-14-22-23-16(24(14)2)13-21-18(20-12-15-6-4-11-27-15)19-8-5-10-25-9-3-7-17(25)26;/h15H,3-13H2,1-2H3,(H2,19,20,21);1H. The number of hydrogen-bond donors (Lipinski definition) is 2. The Morgan fingerprint density at radius 3 is 2.82 bits per heavy atom. The van der Waals surface area contributed by atoms with Gasteiger partial charge in [0.1, 0.15) is 12.4 Å². The van der Waals surface area contributed by atoms with Crippen LogP contribution < -0.4 is 10.6 Å². The molecule has 0 aliphatic carbocycles. The van der Waals surface area contributed by atoms with Crippen molar-refractivity contribution in [3.05, 3.63) is 11.6 Å². The second-order valence-electron chi connectivity index (χ2n) is 7.17. The minimum absolute atomic E-state index is 0. The van der Waals surface area contributed by atoms with E-state index in [-0.39, 0.29) is 36.0 Å². The summed E-state index contributed by atoms with van der Waals surface area (Å²) in [6.45, 7) is 6.43. The molecule has 0 bridgehead atoms. The van der Waals surface area contributed by atoms with Crippen LogP contribution in [0.1, 0.15) is 43.8 Å². The van der Waals surface area contributed by atoms with Crippen LogP contribution in [0.25, 0.3) is 0 Å². The number of aliphatic imine (C=N–C) groups is 1. The second kappa shape index (κ2) is 11.5. The zero-order valence-electron chi connectivity index (χ0n) is 16.8. The molecule has 10 heteroatoms. The van der Waals surface area contributed by atoms with Gasteiger partial charge in [-0.15, -0.1) is 34.2 Å². The van der Waals surface area contributed by atoms with Crippen molar-refractivity contribution in [2.45, 2.75) is 51.7 Å². The van der Waals surface area contributed by atoms with E-state index in [1.807, 2.05) is 23.4 Å². The van der Waals surface area contributed by atoms with Crippen molar-refractivity contribution in [3.63, 3.8) is 0 Å². The van der Waals surface area contributed by atoms with E-state index in [4.69, 9.17) is 4.74 Å². The van der Waals surface area contributed by atoms with Gasteiger partial charge in [-0.2, -0.15) is 0 Å². The summed E-state index contributed by atoms with van der Waals surface area (Å²) in [5.74, 6) is 2.72. The molecule has 2 fully saturated rings. The predicted octanol–water partition coefficient (Wildman–Crippen LogP) is 0.968. The molecule has 0 radical (unpaired) electrons. The topological polar surface area (TPSA) is 96.7 Å². The molecule has 1 atom stereocenters. The molecule has 1 aromatic rings. The number of aromatic nitrogens is 3.